The Morgan fingerprint density at radius 3 is 2.80 bits per heavy atom. The number of aromatic hydroxyl groups is 1. The Morgan fingerprint density at radius 1 is 1.40 bits per heavy atom. The topological polar surface area (TPSA) is 115 Å². The summed E-state index contributed by atoms with van der Waals surface area (Å²) >= 11 is 0. The van der Waals surface area contributed by atoms with Crippen LogP contribution in [0.5, 0.6) is 5.88 Å². The molecule has 0 saturated heterocycles. The molecule has 2 rings (SSSR count). The van der Waals surface area contributed by atoms with Crippen molar-refractivity contribution in [2.45, 2.75) is 0 Å². The number of nitrogens with two attached hydrogens (primary N) is 1. The van der Waals surface area contributed by atoms with Crippen LogP contribution < -0.4 is 5.73 Å². The first-order chi connectivity index (χ1) is 7.08. The van der Waals surface area contributed by atoms with Crippen molar-refractivity contribution in [1.82, 2.24) is 9.97 Å². The number of aromatic nitrogens is 2. The van der Waals surface area contributed by atoms with Crippen LogP contribution in [-0.2, 0) is 0 Å². The number of hydrogen-bond donors (Lipinski definition) is 2. The van der Waals surface area contributed by atoms with Crippen LogP contribution in [0.15, 0.2) is 18.2 Å². The number of anilines is 1. The number of nitrogens with zero attached hydrogens (tertiary/aromatic N) is 3. The fourth-order valence-corrected chi connectivity index (χ4v) is 1.23. The van der Waals surface area contributed by atoms with E-state index < -0.39 is 4.92 Å². The van der Waals surface area contributed by atoms with Crippen LogP contribution in [0.25, 0.3) is 10.9 Å². The fraction of sp³-hybridized carbons (Fsp3) is 0. The Hall–Kier alpha value is -2.44. The summed E-state index contributed by atoms with van der Waals surface area (Å²) in [6, 6.07) is 3.89. The van der Waals surface area contributed by atoms with Crippen molar-refractivity contribution >= 4 is 22.5 Å². The quantitative estimate of drug-likeness (QED) is 0.527. The predicted molar refractivity (Wildman–Crippen MR) is 52.3 cm³/mol. The van der Waals surface area contributed by atoms with Crippen LogP contribution in [0.1, 0.15) is 0 Å². The average molecular weight is 206 g/mol. The maximum Gasteiger partial charge on any atom is 0.270 e. The standard InChI is InChI=1S/C8H6N4O3/c9-8-10-6-2-1-4(12(14)15)3-5(6)7(13)11-8/h1-3H,(H3,9,10,11,13). The highest BCUT2D eigenvalue weighted by atomic mass is 16.6. The van der Waals surface area contributed by atoms with Gasteiger partial charge in [0.05, 0.1) is 15.8 Å². The third-order valence-electron chi connectivity index (χ3n) is 1.89. The molecule has 1 heterocycles. The third-order valence-corrected chi connectivity index (χ3v) is 1.89. The van der Waals surface area contributed by atoms with Crippen LogP contribution in [0.2, 0.25) is 0 Å². The van der Waals surface area contributed by atoms with Gasteiger partial charge >= 0.3 is 0 Å². The molecule has 0 aliphatic heterocycles. The van der Waals surface area contributed by atoms with Gasteiger partial charge in [0.15, 0.2) is 0 Å². The Kier molecular flexibility index (Phi) is 1.86. The van der Waals surface area contributed by atoms with E-state index in [0.29, 0.717) is 5.52 Å². The number of benzene rings is 1. The second-order valence-corrected chi connectivity index (χ2v) is 2.86. The second kappa shape index (κ2) is 3.05. The molecule has 0 fully saturated rings. The molecule has 0 aliphatic carbocycles. The van der Waals surface area contributed by atoms with E-state index in [1.807, 2.05) is 0 Å². The SMILES string of the molecule is Nc1nc(O)c2cc([N+](=O)[O-])ccc2n1. The van der Waals surface area contributed by atoms with Gasteiger partial charge in [-0.15, -0.1) is 0 Å². The van der Waals surface area contributed by atoms with Gasteiger partial charge in [0.25, 0.3) is 5.69 Å². The van der Waals surface area contributed by atoms with E-state index in [1.165, 1.54) is 18.2 Å². The van der Waals surface area contributed by atoms with Gasteiger partial charge in [-0.2, -0.15) is 4.98 Å². The maximum atomic E-state index is 10.5. The molecule has 0 spiro atoms. The molecule has 0 unspecified atom stereocenters. The molecule has 0 aliphatic rings. The van der Waals surface area contributed by atoms with Crippen LogP contribution >= 0.6 is 0 Å². The lowest BCUT2D eigenvalue weighted by molar-refractivity contribution is -0.384. The van der Waals surface area contributed by atoms with Crippen molar-refractivity contribution in [3.63, 3.8) is 0 Å². The zero-order chi connectivity index (χ0) is 11.0. The minimum Gasteiger partial charge on any atom is -0.493 e. The van der Waals surface area contributed by atoms with Crippen molar-refractivity contribution in [3.05, 3.63) is 28.3 Å². The summed E-state index contributed by atoms with van der Waals surface area (Å²) in [5.74, 6) is -0.435. The third kappa shape index (κ3) is 1.50. The molecular formula is C8H6N4O3. The number of nitro groups is 1. The average Bonchev–Trinajstić information content (AvgIpc) is 2.16. The molecule has 0 atom stereocenters. The lowest BCUT2D eigenvalue weighted by Gasteiger charge is -2.00. The smallest absolute Gasteiger partial charge is 0.270 e. The molecule has 3 N–H and O–H groups in total. The van der Waals surface area contributed by atoms with Gasteiger partial charge in [-0.1, -0.05) is 0 Å². The molecule has 76 valence electrons. The first-order valence-electron chi connectivity index (χ1n) is 3.98. The van der Waals surface area contributed by atoms with Gasteiger partial charge < -0.3 is 10.8 Å². The lowest BCUT2D eigenvalue weighted by Crippen LogP contribution is -1.96. The Bertz CT molecular complexity index is 555. The molecule has 2 aromatic rings. The number of nitro benzene ring substituents is 1. The highest BCUT2D eigenvalue weighted by Crippen LogP contribution is 2.25. The minimum absolute atomic E-state index is 0.0751. The van der Waals surface area contributed by atoms with E-state index >= 15 is 0 Å². The van der Waals surface area contributed by atoms with Crippen LogP contribution in [0.3, 0.4) is 0 Å². The van der Waals surface area contributed by atoms with Crippen LogP contribution in [0.4, 0.5) is 11.6 Å². The van der Waals surface area contributed by atoms with Gasteiger partial charge in [-0.3, -0.25) is 10.1 Å². The number of hydrogen-bond acceptors (Lipinski definition) is 6. The lowest BCUT2D eigenvalue weighted by atomic mass is 10.2. The zero-order valence-corrected chi connectivity index (χ0v) is 7.41. The van der Waals surface area contributed by atoms with E-state index in [4.69, 9.17) is 5.73 Å². The van der Waals surface area contributed by atoms with Gasteiger partial charge in [-0.05, 0) is 6.07 Å². The minimum atomic E-state index is -0.560. The number of non-ortho nitro benzene ring substituents is 1. The van der Waals surface area contributed by atoms with Crippen LogP contribution in [0, 0.1) is 10.1 Å². The highest BCUT2D eigenvalue weighted by Gasteiger charge is 2.10. The predicted octanol–water partition coefficient (Wildman–Crippen LogP) is 0.826. The number of nitrogen functional groups attached to an aromatic ring is 1. The van der Waals surface area contributed by atoms with E-state index in [9.17, 15) is 15.2 Å². The molecule has 7 heteroatoms. The number of fused-ring (bicyclic) bond motifs is 1. The first-order valence-corrected chi connectivity index (χ1v) is 3.98. The molecule has 0 amide bonds. The van der Waals surface area contributed by atoms with E-state index in [2.05, 4.69) is 9.97 Å². The van der Waals surface area contributed by atoms with Crippen molar-refractivity contribution in [3.8, 4) is 5.88 Å². The van der Waals surface area contributed by atoms with Crippen molar-refractivity contribution in [2.75, 3.05) is 5.73 Å². The van der Waals surface area contributed by atoms with Gasteiger partial charge in [0, 0.05) is 12.1 Å². The molecule has 0 bridgehead atoms. The summed E-state index contributed by atoms with van der Waals surface area (Å²) in [6.45, 7) is 0. The molecule has 1 aromatic carbocycles. The Labute approximate surface area is 83.3 Å². The van der Waals surface area contributed by atoms with Gasteiger partial charge in [0.2, 0.25) is 11.8 Å². The monoisotopic (exact) mass is 206 g/mol. The highest BCUT2D eigenvalue weighted by molar-refractivity contribution is 5.86. The van der Waals surface area contributed by atoms with Gasteiger partial charge in [-0.25, -0.2) is 4.98 Å². The van der Waals surface area contributed by atoms with E-state index in [1.54, 1.807) is 0 Å². The number of rotatable bonds is 1. The summed E-state index contributed by atoms with van der Waals surface area (Å²) in [5, 5.41) is 20.1. The second-order valence-electron chi connectivity index (χ2n) is 2.86. The van der Waals surface area contributed by atoms with E-state index in [-0.39, 0.29) is 22.9 Å². The first kappa shape index (κ1) is 9.13. The largest absolute Gasteiger partial charge is 0.493 e. The normalized spacial score (nSPS) is 10.4. The van der Waals surface area contributed by atoms with Crippen molar-refractivity contribution < 1.29 is 10.0 Å². The molecule has 15 heavy (non-hydrogen) atoms. The summed E-state index contributed by atoms with van der Waals surface area (Å²) in [6.07, 6.45) is 0. The molecule has 0 radical (unpaired) electrons. The van der Waals surface area contributed by atoms with Gasteiger partial charge in [0.1, 0.15) is 0 Å². The molecular weight excluding hydrogens is 200 g/mol. The molecule has 1 aromatic heterocycles. The van der Waals surface area contributed by atoms with Crippen LogP contribution in [-0.4, -0.2) is 20.0 Å². The fourth-order valence-electron chi connectivity index (χ4n) is 1.23. The summed E-state index contributed by atoms with van der Waals surface area (Å²) in [4.78, 5) is 17.2. The summed E-state index contributed by atoms with van der Waals surface area (Å²) in [7, 11) is 0. The zero-order valence-electron chi connectivity index (χ0n) is 7.41. The molecule has 0 saturated carbocycles. The van der Waals surface area contributed by atoms with Crippen molar-refractivity contribution in [1.29, 1.82) is 0 Å². The maximum absolute atomic E-state index is 10.5. The molecule has 7 nitrogen and oxygen atoms in total. The summed E-state index contributed by atoms with van der Waals surface area (Å²) in [5.41, 5.74) is 5.54. The summed E-state index contributed by atoms with van der Waals surface area (Å²) < 4.78 is 0. The van der Waals surface area contributed by atoms with E-state index in [0.717, 1.165) is 0 Å². The van der Waals surface area contributed by atoms with Crippen molar-refractivity contribution in [2.24, 2.45) is 0 Å². The Balaban J connectivity index is 2.76. The Morgan fingerprint density at radius 2 is 2.13 bits per heavy atom.